The Balaban J connectivity index is 1.91. The molecule has 2 rings (SSSR count). The maximum atomic E-state index is 13.1. The van der Waals surface area contributed by atoms with Crippen molar-refractivity contribution in [1.82, 2.24) is 10.6 Å². The van der Waals surface area contributed by atoms with E-state index in [4.69, 9.17) is 0 Å². The summed E-state index contributed by atoms with van der Waals surface area (Å²) in [7, 11) is 0. The fourth-order valence-corrected chi connectivity index (χ4v) is 2.98. The van der Waals surface area contributed by atoms with Gasteiger partial charge in [-0.25, -0.2) is 8.78 Å². The van der Waals surface area contributed by atoms with E-state index in [1.165, 1.54) is 4.90 Å². The summed E-state index contributed by atoms with van der Waals surface area (Å²) < 4.78 is 26.2. The van der Waals surface area contributed by atoms with E-state index in [0.717, 1.165) is 11.3 Å². The average Bonchev–Trinajstić information content (AvgIpc) is 2.80. The Morgan fingerprint density at radius 2 is 2.14 bits per heavy atom. The first-order chi connectivity index (χ1) is 9.91. The van der Waals surface area contributed by atoms with Gasteiger partial charge in [-0.3, -0.25) is 10.1 Å². The second kappa shape index (κ2) is 6.75. The van der Waals surface area contributed by atoms with Crippen molar-refractivity contribution in [2.75, 3.05) is 12.3 Å². The van der Waals surface area contributed by atoms with Gasteiger partial charge in [0, 0.05) is 11.3 Å². The van der Waals surface area contributed by atoms with E-state index in [2.05, 4.69) is 17.6 Å². The molecule has 1 heterocycles. The second-order valence-corrected chi connectivity index (χ2v) is 6.56. The molecule has 2 atom stereocenters. The number of benzene rings is 1. The quantitative estimate of drug-likeness (QED) is 0.821. The van der Waals surface area contributed by atoms with Gasteiger partial charge in [-0.2, -0.15) is 0 Å². The Morgan fingerprint density at radius 1 is 1.48 bits per heavy atom. The highest BCUT2D eigenvalue weighted by Gasteiger charge is 2.42. The standard InChI is InChI=1S/C15H20F2N2OS/c1-3-21-12-6-4-11(5-7-12)10(2)19-14(20)13-8-15(16,17)9-18-13/h4-7,10,13,18H,3,8-9H2,1-2H3,(H,19,20). The summed E-state index contributed by atoms with van der Waals surface area (Å²) >= 11 is 1.75. The zero-order valence-electron chi connectivity index (χ0n) is 12.2. The van der Waals surface area contributed by atoms with Crippen LogP contribution in [0.4, 0.5) is 8.78 Å². The van der Waals surface area contributed by atoms with E-state index in [-0.39, 0.29) is 11.9 Å². The molecular formula is C15H20F2N2OS. The minimum absolute atomic E-state index is 0.200. The summed E-state index contributed by atoms with van der Waals surface area (Å²) in [6.45, 7) is 3.52. The molecule has 2 N–H and O–H groups in total. The molecule has 6 heteroatoms. The molecule has 0 aromatic heterocycles. The third-order valence-electron chi connectivity index (χ3n) is 3.48. The molecule has 1 fully saturated rings. The lowest BCUT2D eigenvalue weighted by atomic mass is 10.1. The molecule has 1 aliphatic heterocycles. The van der Waals surface area contributed by atoms with Gasteiger partial charge in [-0.05, 0) is 30.4 Å². The number of rotatable bonds is 5. The van der Waals surface area contributed by atoms with Crippen molar-refractivity contribution in [3.05, 3.63) is 29.8 Å². The molecule has 2 unspecified atom stereocenters. The van der Waals surface area contributed by atoms with Crippen LogP contribution in [0.5, 0.6) is 0 Å². The Hall–Kier alpha value is -1.14. The van der Waals surface area contributed by atoms with Gasteiger partial charge in [0.05, 0.1) is 18.6 Å². The predicted molar refractivity (Wildman–Crippen MR) is 80.8 cm³/mol. The molecule has 0 saturated carbocycles. The van der Waals surface area contributed by atoms with Crippen LogP contribution in [0.3, 0.4) is 0 Å². The topological polar surface area (TPSA) is 41.1 Å². The smallest absolute Gasteiger partial charge is 0.262 e. The Bertz CT molecular complexity index is 493. The molecule has 3 nitrogen and oxygen atoms in total. The van der Waals surface area contributed by atoms with Crippen LogP contribution in [0.15, 0.2) is 29.2 Å². The van der Waals surface area contributed by atoms with E-state index >= 15 is 0 Å². The first-order valence-corrected chi connectivity index (χ1v) is 8.04. The number of alkyl halides is 2. The van der Waals surface area contributed by atoms with Crippen LogP contribution in [0.25, 0.3) is 0 Å². The van der Waals surface area contributed by atoms with Crippen molar-refractivity contribution in [2.45, 2.75) is 43.2 Å². The summed E-state index contributed by atoms with van der Waals surface area (Å²) in [6.07, 6.45) is -0.433. The van der Waals surface area contributed by atoms with Crippen LogP contribution < -0.4 is 10.6 Å². The molecule has 1 amide bonds. The van der Waals surface area contributed by atoms with Crippen LogP contribution in [0.1, 0.15) is 31.9 Å². The van der Waals surface area contributed by atoms with Gasteiger partial charge in [-0.1, -0.05) is 19.1 Å². The highest BCUT2D eigenvalue weighted by molar-refractivity contribution is 7.99. The number of carbonyl (C=O) groups excluding carboxylic acids is 1. The largest absolute Gasteiger partial charge is 0.348 e. The first-order valence-electron chi connectivity index (χ1n) is 7.05. The van der Waals surface area contributed by atoms with Gasteiger partial charge in [0.15, 0.2) is 0 Å². The van der Waals surface area contributed by atoms with Crippen LogP contribution in [0, 0.1) is 0 Å². The average molecular weight is 314 g/mol. The van der Waals surface area contributed by atoms with Gasteiger partial charge in [0.1, 0.15) is 0 Å². The number of nitrogens with one attached hydrogen (secondary N) is 2. The lowest BCUT2D eigenvalue weighted by Crippen LogP contribution is -2.41. The Labute approximate surface area is 127 Å². The number of hydrogen-bond acceptors (Lipinski definition) is 3. The van der Waals surface area contributed by atoms with Gasteiger partial charge in [-0.15, -0.1) is 11.8 Å². The summed E-state index contributed by atoms with van der Waals surface area (Å²) in [5.74, 6) is -2.15. The highest BCUT2D eigenvalue weighted by atomic mass is 32.2. The third kappa shape index (κ3) is 4.41. The maximum Gasteiger partial charge on any atom is 0.262 e. The zero-order valence-corrected chi connectivity index (χ0v) is 13.0. The molecule has 1 saturated heterocycles. The summed E-state index contributed by atoms with van der Waals surface area (Å²) in [5.41, 5.74) is 0.966. The molecule has 1 aromatic rings. The molecule has 21 heavy (non-hydrogen) atoms. The Kier molecular flexibility index (Phi) is 5.22. The monoisotopic (exact) mass is 314 g/mol. The normalized spacial score (nSPS) is 22.0. The minimum Gasteiger partial charge on any atom is -0.348 e. The van der Waals surface area contributed by atoms with Crippen molar-refractivity contribution in [1.29, 1.82) is 0 Å². The molecule has 0 radical (unpaired) electrons. The summed E-state index contributed by atoms with van der Waals surface area (Å²) in [6, 6.07) is 6.92. The van der Waals surface area contributed by atoms with Crippen molar-refractivity contribution >= 4 is 17.7 Å². The fraction of sp³-hybridized carbons (Fsp3) is 0.533. The van der Waals surface area contributed by atoms with E-state index in [1.807, 2.05) is 31.2 Å². The minimum atomic E-state index is -2.79. The molecule has 0 bridgehead atoms. The molecule has 1 aliphatic rings. The van der Waals surface area contributed by atoms with Crippen molar-refractivity contribution in [2.24, 2.45) is 0 Å². The Morgan fingerprint density at radius 3 is 2.67 bits per heavy atom. The SMILES string of the molecule is CCSc1ccc(C(C)NC(=O)C2CC(F)(F)CN2)cc1. The fourth-order valence-electron chi connectivity index (χ4n) is 2.32. The number of carbonyl (C=O) groups is 1. The van der Waals surface area contributed by atoms with Crippen molar-refractivity contribution < 1.29 is 13.6 Å². The van der Waals surface area contributed by atoms with Crippen LogP contribution in [0.2, 0.25) is 0 Å². The molecule has 1 aromatic carbocycles. The lowest BCUT2D eigenvalue weighted by molar-refractivity contribution is -0.124. The molecule has 0 spiro atoms. The maximum absolute atomic E-state index is 13.1. The van der Waals surface area contributed by atoms with Crippen LogP contribution >= 0.6 is 11.8 Å². The molecular weight excluding hydrogens is 294 g/mol. The zero-order chi connectivity index (χ0) is 15.5. The van der Waals surface area contributed by atoms with Crippen molar-refractivity contribution in [3.8, 4) is 0 Å². The number of amides is 1. The number of hydrogen-bond donors (Lipinski definition) is 2. The van der Waals surface area contributed by atoms with E-state index in [1.54, 1.807) is 11.8 Å². The van der Waals surface area contributed by atoms with Crippen molar-refractivity contribution in [3.63, 3.8) is 0 Å². The first kappa shape index (κ1) is 16.2. The van der Waals surface area contributed by atoms with Crippen LogP contribution in [-0.2, 0) is 4.79 Å². The molecule has 0 aliphatic carbocycles. The van der Waals surface area contributed by atoms with Gasteiger partial charge < -0.3 is 5.32 Å². The summed E-state index contributed by atoms with van der Waals surface area (Å²) in [5, 5.41) is 5.35. The van der Waals surface area contributed by atoms with E-state index in [0.29, 0.717) is 0 Å². The molecule has 116 valence electrons. The predicted octanol–water partition coefficient (Wildman–Crippen LogP) is 2.97. The van der Waals surface area contributed by atoms with E-state index in [9.17, 15) is 13.6 Å². The van der Waals surface area contributed by atoms with Gasteiger partial charge in [0.2, 0.25) is 5.91 Å². The second-order valence-electron chi connectivity index (χ2n) is 5.23. The highest BCUT2D eigenvalue weighted by Crippen LogP contribution is 2.26. The lowest BCUT2D eigenvalue weighted by Gasteiger charge is -2.18. The van der Waals surface area contributed by atoms with E-state index < -0.39 is 24.9 Å². The number of thioether (sulfide) groups is 1. The van der Waals surface area contributed by atoms with Gasteiger partial charge >= 0.3 is 0 Å². The summed E-state index contributed by atoms with van der Waals surface area (Å²) in [4.78, 5) is 13.2. The van der Waals surface area contributed by atoms with Crippen LogP contribution in [-0.4, -0.2) is 30.2 Å². The van der Waals surface area contributed by atoms with Gasteiger partial charge in [0.25, 0.3) is 5.92 Å². The number of halogens is 2. The third-order valence-corrected chi connectivity index (χ3v) is 4.37.